The van der Waals surface area contributed by atoms with Crippen molar-refractivity contribution in [3.63, 3.8) is 0 Å². The van der Waals surface area contributed by atoms with Crippen LogP contribution in [0, 0.1) is 0 Å². The summed E-state index contributed by atoms with van der Waals surface area (Å²) in [5, 5.41) is 0.536. The summed E-state index contributed by atoms with van der Waals surface area (Å²) < 4.78 is 4.90. The SMILES string of the molecule is CCOC(=O)c1c[nH]c2ccc(C(C)CC)cc2c1=O. The minimum absolute atomic E-state index is 0.0562. The number of ether oxygens (including phenoxy) is 1. The Morgan fingerprint density at radius 3 is 2.75 bits per heavy atom. The second-order valence-corrected chi connectivity index (χ2v) is 4.87. The monoisotopic (exact) mass is 273 g/mol. The molecule has 0 fully saturated rings. The Morgan fingerprint density at radius 1 is 1.35 bits per heavy atom. The van der Waals surface area contributed by atoms with Gasteiger partial charge in [-0.15, -0.1) is 0 Å². The summed E-state index contributed by atoms with van der Waals surface area (Å²) in [5.74, 6) is -0.199. The molecule has 0 radical (unpaired) electrons. The number of hydrogen-bond donors (Lipinski definition) is 1. The second-order valence-electron chi connectivity index (χ2n) is 4.87. The first kappa shape index (κ1) is 14.3. The Hall–Kier alpha value is -2.10. The number of H-pyrrole nitrogens is 1. The Kier molecular flexibility index (Phi) is 4.23. The fraction of sp³-hybridized carbons (Fsp3) is 0.375. The van der Waals surface area contributed by atoms with E-state index in [-0.39, 0.29) is 17.6 Å². The summed E-state index contributed by atoms with van der Waals surface area (Å²) >= 11 is 0. The fourth-order valence-electron chi connectivity index (χ4n) is 2.14. The number of fused-ring (bicyclic) bond motifs is 1. The van der Waals surface area contributed by atoms with Gasteiger partial charge < -0.3 is 9.72 Å². The number of nitrogens with one attached hydrogen (secondary N) is 1. The molecule has 0 spiro atoms. The van der Waals surface area contributed by atoms with Gasteiger partial charge in [0.15, 0.2) is 0 Å². The normalized spacial score (nSPS) is 12.3. The molecule has 1 heterocycles. The highest BCUT2D eigenvalue weighted by Crippen LogP contribution is 2.21. The average molecular weight is 273 g/mol. The maximum atomic E-state index is 12.4. The number of pyridine rings is 1. The molecule has 2 rings (SSSR count). The Balaban J connectivity index is 2.58. The van der Waals surface area contributed by atoms with E-state index in [0.717, 1.165) is 17.5 Å². The van der Waals surface area contributed by atoms with Crippen molar-refractivity contribution in [2.45, 2.75) is 33.1 Å². The van der Waals surface area contributed by atoms with Crippen molar-refractivity contribution >= 4 is 16.9 Å². The zero-order chi connectivity index (χ0) is 14.7. The van der Waals surface area contributed by atoms with Crippen molar-refractivity contribution in [3.8, 4) is 0 Å². The van der Waals surface area contributed by atoms with E-state index in [1.165, 1.54) is 6.20 Å². The van der Waals surface area contributed by atoms with Crippen LogP contribution in [0.1, 0.15) is 49.0 Å². The van der Waals surface area contributed by atoms with E-state index >= 15 is 0 Å². The second kappa shape index (κ2) is 5.90. The summed E-state index contributed by atoms with van der Waals surface area (Å²) in [6.07, 6.45) is 2.42. The molecule has 0 aliphatic carbocycles. The predicted octanol–water partition coefficient (Wildman–Crippen LogP) is 3.22. The van der Waals surface area contributed by atoms with Gasteiger partial charge in [-0.2, -0.15) is 0 Å². The molecule has 106 valence electrons. The molecule has 0 bridgehead atoms. The van der Waals surface area contributed by atoms with Crippen LogP contribution in [0.15, 0.2) is 29.2 Å². The van der Waals surface area contributed by atoms with Crippen LogP contribution in [0.5, 0.6) is 0 Å². The summed E-state index contributed by atoms with van der Waals surface area (Å²) in [6, 6.07) is 5.76. The van der Waals surface area contributed by atoms with Crippen LogP contribution in [-0.2, 0) is 4.74 Å². The number of hydrogen-bond acceptors (Lipinski definition) is 3. The van der Waals surface area contributed by atoms with E-state index in [1.54, 1.807) is 6.92 Å². The molecule has 0 saturated heterocycles. The molecular formula is C16H19NO3. The summed E-state index contributed by atoms with van der Waals surface area (Å²) in [4.78, 5) is 27.1. The van der Waals surface area contributed by atoms with Gasteiger partial charge in [0, 0.05) is 17.1 Å². The molecule has 1 N–H and O–H groups in total. The van der Waals surface area contributed by atoms with E-state index in [4.69, 9.17) is 4.74 Å². The standard InChI is InChI=1S/C16H19NO3/c1-4-10(3)11-6-7-14-12(8-11)15(18)13(9-17-14)16(19)20-5-2/h6-10H,4-5H2,1-3H3,(H,17,18). The third kappa shape index (κ3) is 2.59. The molecular weight excluding hydrogens is 254 g/mol. The Morgan fingerprint density at radius 2 is 2.10 bits per heavy atom. The maximum absolute atomic E-state index is 12.4. The van der Waals surface area contributed by atoms with Crippen LogP contribution in [-0.4, -0.2) is 17.6 Å². The lowest BCUT2D eigenvalue weighted by Gasteiger charge is -2.10. The molecule has 2 aromatic rings. The molecule has 1 atom stereocenters. The van der Waals surface area contributed by atoms with E-state index in [0.29, 0.717) is 11.3 Å². The van der Waals surface area contributed by atoms with Crippen LogP contribution in [0.25, 0.3) is 10.9 Å². The average Bonchev–Trinajstić information content (AvgIpc) is 2.46. The van der Waals surface area contributed by atoms with E-state index < -0.39 is 5.97 Å². The summed E-state index contributed by atoms with van der Waals surface area (Å²) in [5.41, 5.74) is 1.62. The quantitative estimate of drug-likeness (QED) is 0.870. The Bertz CT molecular complexity index is 688. The molecule has 1 aromatic heterocycles. The smallest absolute Gasteiger partial charge is 0.343 e. The van der Waals surface area contributed by atoms with Gasteiger partial charge >= 0.3 is 5.97 Å². The van der Waals surface area contributed by atoms with Crippen LogP contribution in [0.4, 0.5) is 0 Å². The van der Waals surface area contributed by atoms with Crippen molar-refractivity contribution in [3.05, 3.63) is 45.7 Å². The number of aromatic amines is 1. The molecule has 0 saturated carbocycles. The number of rotatable bonds is 4. The number of esters is 1. The first-order valence-electron chi connectivity index (χ1n) is 6.90. The molecule has 1 aromatic carbocycles. The van der Waals surface area contributed by atoms with Crippen molar-refractivity contribution in [2.75, 3.05) is 6.61 Å². The van der Waals surface area contributed by atoms with Crippen LogP contribution in [0.3, 0.4) is 0 Å². The summed E-state index contributed by atoms with van der Waals surface area (Å²) in [7, 11) is 0. The van der Waals surface area contributed by atoms with E-state index in [9.17, 15) is 9.59 Å². The Labute approximate surface area is 117 Å². The van der Waals surface area contributed by atoms with E-state index in [1.807, 2.05) is 18.2 Å². The van der Waals surface area contributed by atoms with Crippen molar-refractivity contribution in [1.82, 2.24) is 4.98 Å². The fourth-order valence-corrected chi connectivity index (χ4v) is 2.14. The van der Waals surface area contributed by atoms with Gasteiger partial charge in [-0.05, 0) is 37.0 Å². The molecule has 20 heavy (non-hydrogen) atoms. The molecule has 0 aliphatic rings. The number of carbonyl (C=O) groups excluding carboxylic acids is 1. The highest BCUT2D eigenvalue weighted by atomic mass is 16.5. The lowest BCUT2D eigenvalue weighted by atomic mass is 9.96. The minimum atomic E-state index is -0.579. The highest BCUT2D eigenvalue weighted by Gasteiger charge is 2.14. The lowest BCUT2D eigenvalue weighted by Crippen LogP contribution is -2.18. The first-order valence-corrected chi connectivity index (χ1v) is 6.90. The van der Waals surface area contributed by atoms with Gasteiger partial charge in [0.05, 0.1) is 6.61 Å². The predicted molar refractivity (Wildman–Crippen MR) is 79.2 cm³/mol. The van der Waals surface area contributed by atoms with Crippen LogP contribution in [0.2, 0.25) is 0 Å². The molecule has 0 amide bonds. The zero-order valence-electron chi connectivity index (χ0n) is 12.0. The van der Waals surface area contributed by atoms with Gasteiger partial charge in [0.2, 0.25) is 5.43 Å². The molecule has 4 heteroatoms. The zero-order valence-corrected chi connectivity index (χ0v) is 12.0. The molecule has 0 aliphatic heterocycles. The van der Waals surface area contributed by atoms with Crippen molar-refractivity contribution in [2.24, 2.45) is 0 Å². The largest absolute Gasteiger partial charge is 0.462 e. The summed E-state index contributed by atoms with van der Waals surface area (Å²) in [6.45, 7) is 6.19. The third-order valence-electron chi connectivity index (χ3n) is 3.58. The molecule has 1 unspecified atom stereocenters. The lowest BCUT2D eigenvalue weighted by molar-refractivity contribution is 0.0524. The number of carbonyl (C=O) groups is 1. The van der Waals surface area contributed by atoms with Gasteiger partial charge in [0.1, 0.15) is 5.56 Å². The van der Waals surface area contributed by atoms with Gasteiger partial charge in [0.25, 0.3) is 0 Å². The third-order valence-corrected chi connectivity index (χ3v) is 3.58. The first-order chi connectivity index (χ1) is 9.58. The van der Waals surface area contributed by atoms with Crippen LogP contribution >= 0.6 is 0 Å². The van der Waals surface area contributed by atoms with Crippen molar-refractivity contribution < 1.29 is 9.53 Å². The van der Waals surface area contributed by atoms with Crippen LogP contribution < -0.4 is 5.43 Å². The van der Waals surface area contributed by atoms with Gasteiger partial charge in [-0.3, -0.25) is 4.79 Å². The minimum Gasteiger partial charge on any atom is -0.462 e. The highest BCUT2D eigenvalue weighted by molar-refractivity contribution is 5.93. The van der Waals surface area contributed by atoms with Gasteiger partial charge in [-0.1, -0.05) is 19.9 Å². The number of benzene rings is 1. The molecule has 4 nitrogen and oxygen atoms in total. The number of aromatic nitrogens is 1. The van der Waals surface area contributed by atoms with E-state index in [2.05, 4.69) is 18.8 Å². The maximum Gasteiger partial charge on any atom is 0.343 e. The van der Waals surface area contributed by atoms with Crippen molar-refractivity contribution in [1.29, 1.82) is 0 Å². The topological polar surface area (TPSA) is 59.2 Å². The van der Waals surface area contributed by atoms with Gasteiger partial charge in [-0.25, -0.2) is 4.79 Å².